The van der Waals surface area contributed by atoms with Crippen LogP contribution in [0.4, 0.5) is 13.2 Å². The summed E-state index contributed by atoms with van der Waals surface area (Å²) in [6.07, 6.45) is 11.5. The summed E-state index contributed by atoms with van der Waals surface area (Å²) in [6, 6.07) is 38.7. The number of primary amides is 5. The molecule has 9 aromatic heterocycles. The van der Waals surface area contributed by atoms with Crippen molar-refractivity contribution in [1.29, 1.82) is 0 Å². The minimum absolute atomic E-state index is 0.0424. The molecule has 5 saturated heterocycles. The zero-order valence-electron chi connectivity index (χ0n) is 79.1. The van der Waals surface area contributed by atoms with E-state index in [4.69, 9.17) is 28.7 Å². The lowest BCUT2D eigenvalue weighted by atomic mass is 9.87. The van der Waals surface area contributed by atoms with Gasteiger partial charge in [-0.3, -0.25) is 43.2 Å². The van der Waals surface area contributed by atoms with Gasteiger partial charge in [-0.05, 0) is 141 Å². The molecule has 38 nitrogen and oxygen atoms in total. The number of carbonyl (C=O) groups is 9. The van der Waals surface area contributed by atoms with Crippen LogP contribution in [0, 0.1) is 76.4 Å². The normalized spacial score (nSPS) is 21.7. The van der Waals surface area contributed by atoms with E-state index in [1.54, 1.807) is 168 Å². The fraction of sp³-hybridized carbons (Fsp3) is 0.288. The molecule has 4 aromatic carbocycles. The Balaban J connectivity index is 0.000000124. The number of amides is 9. The number of hydrogen-bond donors (Lipinski definition) is 10. The quantitative estimate of drug-likeness (QED) is 0.0865. The van der Waals surface area contributed by atoms with E-state index in [1.807, 2.05) is 24.1 Å². The molecule has 0 bridgehead atoms. The lowest BCUT2D eigenvalue weighted by molar-refractivity contribution is -0.138. The second-order valence-electron chi connectivity index (χ2n) is 36.6. The summed E-state index contributed by atoms with van der Waals surface area (Å²) < 4.78 is 50.0. The van der Waals surface area contributed by atoms with Gasteiger partial charge < -0.3 is 78.7 Å². The van der Waals surface area contributed by atoms with E-state index in [1.165, 1.54) is 62.7 Å². The molecule has 21 rings (SSSR count). The van der Waals surface area contributed by atoms with Crippen LogP contribution in [0.15, 0.2) is 177 Å². The number of benzene rings is 4. The minimum atomic E-state index is -2.77. The number of nitrogens with zero attached hydrogens (tertiary/aromatic N) is 19. The van der Waals surface area contributed by atoms with Crippen molar-refractivity contribution in [3.63, 3.8) is 0 Å². The molecule has 3 aliphatic carbocycles. The number of aromatic nitrogens is 14. The highest BCUT2D eigenvalue weighted by atomic mass is 19.3. The molecule has 9 amide bonds. The topological polar surface area (TPSA) is 542 Å². The van der Waals surface area contributed by atoms with Crippen molar-refractivity contribution in [2.45, 2.75) is 111 Å². The molecular weight excluding hydrogens is 1870 g/mol. The molecule has 1 unspecified atom stereocenters. The summed E-state index contributed by atoms with van der Waals surface area (Å²) in [5.74, 6) is 20.2. The van der Waals surface area contributed by atoms with E-state index in [0.717, 1.165) is 36.9 Å². The fourth-order valence-electron chi connectivity index (χ4n) is 18.4. The number of fused-ring (bicyclic) bond motifs is 6. The first-order chi connectivity index (χ1) is 68.9. The summed E-state index contributed by atoms with van der Waals surface area (Å²) in [6.45, 7) is 7.99. The van der Waals surface area contributed by atoms with Crippen LogP contribution in [0.1, 0.15) is 155 Å². The SMILES string of the molecule is C=C1N(C)CC[C@@]1(O)C#Cc1cccc(-n2nc(C(N)=O)c3c2C[C@]2(C)C(C3)C2(F)F)c1.CN1CC[C@@](O)(C#Cc2cccc(-n3nc(C(N)=O)c4cccnc43)c2)C1=O.CN1CC[C@@](O)(C#Cc2ccnc(-n3nc(C(N)=O)c4c3CCCC4)c2)C1=O.CN1CC[C@@](O)(C#Cc2ccnc(-n3nc(C(N)=O)c4cc(F)ccc43)c2)C1=O.CN1CC[C@@](O)(C#Cc2ccnc(-n3nc(C(N)=O)c4ccccc43)c2)C1=O. The van der Waals surface area contributed by atoms with Gasteiger partial charge >= 0.3 is 0 Å². The van der Waals surface area contributed by atoms with E-state index in [0.29, 0.717) is 146 Å². The third-order valence-corrected chi connectivity index (χ3v) is 26.9. The minimum Gasteiger partial charge on any atom is -0.375 e. The Morgan fingerprint density at radius 1 is 0.393 bits per heavy atom. The molecule has 145 heavy (non-hydrogen) atoms. The Hall–Kier alpha value is -17.5. The smallest absolute Gasteiger partial charge is 0.269 e. The number of carbonyl (C=O) groups excluding carboxylic acids is 9. The van der Waals surface area contributed by atoms with Crippen molar-refractivity contribution in [2.75, 3.05) is 68.0 Å². The van der Waals surface area contributed by atoms with Crippen LogP contribution >= 0.6 is 0 Å². The summed E-state index contributed by atoms with van der Waals surface area (Å²) in [5.41, 5.74) is 27.9. The van der Waals surface area contributed by atoms with E-state index < -0.39 is 98.3 Å². The van der Waals surface area contributed by atoms with E-state index >= 15 is 0 Å². The lowest BCUT2D eigenvalue weighted by Crippen LogP contribution is -2.37. The van der Waals surface area contributed by atoms with Crippen LogP contribution in [0.5, 0.6) is 0 Å². The van der Waals surface area contributed by atoms with Gasteiger partial charge in [0, 0.05) is 198 Å². The molecule has 736 valence electrons. The number of likely N-dealkylation sites (N-methyl/N-ethyl adjacent to an activating group) is 5. The number of aliphatic hydroxyl groups is 5. The van der Waals surface area contributed by atoms with Crippen molar-refractivity contribution in [3.05, 3.63) is 261 Å². The van der Waals surface area contributed by atoms with Crippen LogP contribution < -0.4 is 28.7 Å². The molecule has 14 heterocycles. The fourth-order valence-corrected chi connectivity index (χ4v) is 18.4. The average Bonchev–Trinajstić information content (AvgIpc) is 1.50. The zero-order valence-corrected chi connectivity index (χ0v) is 79.1. The Morgan fingerprint density at radius 3 is 1.24 bits per heavy atom. The largest absolute Gasteiger partial charge is 0.375 e. The molecule has 0 radical (unpaired) electrons. The number of hydrogen-bond acceptors (Lipinski definition) is 24. The monoisotopic (exact) mass is 1960 g/mol. The van der Waals surface area contributed by atoms with Crippen LogP contribution in [0.3, 0.4) is 0 Å². The molecule has 41 heteroatoms. The van der Waals surface area contributed by atoms with Gasteiger partial charge in [0.25, 0.3) is 59.1 Å². The first-order valence-corrected chi connectivity index (χ1v) is 45.8. The Bertz CT molecular complexity index is 7800. The second kappa shape index (κ2) is 38.5. The first kappa shape index (κ1) is 99.1. The van der Waals surface area contributed by atoms with Gasteiger partial charge in [0.1, 0.15) is 5.82 Å². The highest BCUT2D eigenvalue weighted by Crippen LogP contribution is 2.70. The van der Waals surface area contributed by atoms with Gasteiger partial charge in [0.05, 0.1) is 39.2 Å². The number of para-hydroxylation sites is 1. The van der Waals surface area contributed by atoms with Crippen LogP contribution in [0.25, 0.3) is 61.7 Å². The number of likely N-dealkylation sites (tertiary alicyclic amines) is 5. The summed E-state index contributed by atoms with van der Waals surface area (Å²) >= 11 is 0. The highest BCUT2D eigenvalue weighted by Gasteiger charge is 2.79. The van der Waals surface area contributed by atoms with Gasteiger partial charge in [-0.1, -0.05) is 103 Å². The van der Waals surface area contributed by atoms with E-state index in [2.05, 4.69) is 111 Å². The van der Waals surface area contributed by atoms with Gasteiger partial charge in [-0.15, -0.1) is 0 Å². The third kappa shape index (κ3) is 19.1. The van der Waals surface area contributed by atoms with Gasteiger partial charge in [-0.2, -0.15) is 25.5 Å². The Kier molecular flexibility index (Phi) is 26.3. The average molecular weight is 1960 g/mol. The van der Waals surface area contributed by atoms with Crippen molar-refractivity contribution in [2.24, 2.45) is 40.0 Å². The van der Waals surface area contributed by atoms with Gasteiger partial charge in [0.2, 0.25) is 22.4 Å². The zero-order chi connectivity index (χ0) is 103. The molecule has 8 aliphatic rings. The standard InChI is InChI=1S/C24H24F2N4O2.C20H16FN5O3.C20H17N5O3.C20H21N5O3.C20H17N5O3/c1-14-23(32,9-10-29(14)3)8-7-15-5-4-6-16(11-15)30-18-13-22(2)19(24(22,25)26)12-17(18)20(28-30)21(27)31;1-25-9-7-20(29,19(25)28)6-4-12-5-8-23-16(10-12)26-15-3-2-13(21)11-14(15)17(24-26)18(22)27;1-24-11-9-20(28,19(24)27)8-7-13-4-2-5-14(12-13)25-18-15(6-3-10-22-18)16(23-25)17(21)26;2*1-24-11-9-20(28,19(24)27)8-6-13-7-10-22-16(12-13)25-15-5-3-2-4-14(15)17(23-25)18(21)26/h4-6,11,19,32H,1,9-10,12-13H2,2-3H3,(H2,27,31);2-3,5,8,10-11,29H,7,9H2,1H3,(H2,22,27);2-6,10,12,28H,9,11H2,1H3,(H2,21,26);7,10,12,28H,2-5,9,11H2,1H3,(H2,21,26);2-5,7,10,12,28H,9,11H2,1H3,(H2,21,26)/t19?,22-,23+;4*20-/m10000/s1. The Labute approximate surface area is 825 Å². The Morgan fingerprint density at radius 2 is 0.779 bits per heavy atom. The van der Waals surface area contributed by atoms with Crippen LogP contribution in [0.2, 0.25) is 0 Å². The predicted octanol–water partition coefficient (Wildman–Crippen LogP) is 3.99. The maximum atomic E-state index is 14.4. The summed E-state index contributed by atoms with van der Waals surface area (Å²) in [4.78, 5) is 132. The molecule has 6 fully saturated rings. The maximum Gasteiger partial charge on any atom is 0.269 e. The molecule has 5 aliphatic heterocycles. The second-order valence-corrected chi connectivity index (χ2v) is 36.6. The van der Waals surface area contributed by atoms with Crippen molar-refractivity contribution < 1.29 is 81.9 Å². The predicted molar refractivity (Wildman–Crippen MR) is 519 cm³/mol. The molecule has 15 N–H and O–H groups in total. The van der Waals surface area contributed by atoms with Crippen molar-refractivity contribution in [1.82, 2.24) is 93.3 Å². The summed E-state index contributed by atoms with van der Waals surface area (Å²) in [5, 5.41) is 75.5. The highest BCUT2D eigenvalue weighted by molar-refractivity contribution is 6.06. The van der Waals surface area contributed by atoms with E-state index in [9.17, 15) is 81.9 Å². The number of rotatable bonds is 10. The number of pyridine rings is 4. The molecular formula is C104H95F3N24O14. The summed E-state index contributed by atoms with van der Waals surface area (Å²) in [7, 11) is 8.37. The maximum absolute atomic E-state index is 14.4. The molecule has 13 aromatic rings. The van der Waals surface area contributed by atoms with Gasteiger partial charge in [-0.25, -0.2) is 56.5 Å². The number of nitrogens with two attached hydrogens (primary N) is 5. The number of alkyl halides is 2. The molecule has 7 atom stereocenters. The van der Waals surface area contributed by atoms with Crippen molar-refractivity contribution >= 4 is 86.0 Å². The molecule has 0 spiro atoms. The van der Waals surface area contributed by atoms with Crippen molar-refractivity contribution in [3.8, 4) is 88.0 Å². The number of halogens is 3. The lowest BCUT2D eigenvalue weighted by Gasteiger charge is -2.19. The third-order valence-electron chi connectivity index (χ3n) is 26.9. The van der Waals surface area contributed by atoms with Crippen LogP contribution in [-0.4, -0.2) is 274 Å². The molecule has 1 saturated carbocycles. The first-order valence-electron chi connectivity index (χ1n) is 45.8. The van der Waals surface area contributed by atoms with Crippen LogP contribution in [-0.2, 0) is 44.9 Å². The van der Waals surface area contributed by atoms with Gasteiger partial charge in [0.15, 0.2) is 57.2 Å². The van der Waals surface area contributed by atoms with E-state index in [-0.39, 0.29) is 72.6 Å².